The lowest BCUT2D eigenvalue weighted by atomic mass is 10.2. The molecule has 29 heavy (non-hydrogen) atoms. The predicted molar refractivity (Wildman–Crippen MR) is 115 cm³/mol. The fourth-order valence-corrected chi connectivity index (χ4v) is 3.29. The molecule has 0 saturated carbocycles. The van der Waals surface area contributed by atoms with E-state index >= 15 is 0 Å². The second kappa shape index (κ2) is 10.2. The standard InChI is InChI=1S/C21H21N5O2S/c1-3-12-26-20(17-9-5-4-6-10-17)24-25-21(26)29-15-19(27)23-22-14-16-8-7-11-18(13-16)28-2/h3-11,13-14H,1,12,15H2,2H3,(H,23,27)/b22-14-. The molecule has 0 atom stereocenters. The summed E-state index contributed by atoms with van der Waals surface area (Å²) in [6, 6.07) is 17.2. The fraction of sp³-hybridized carbons (Fsp3) is 0.143. The van der Waals surface area contributed by atoms with Crippen LogP contribution in [0, 0.1) is 0 Å². The molecule has 0 spiro atoms. The molecule has 2 aromatic carbocycles. The summed E-state index contributed by atoms with van der Waals surface area (Å²) in [5.74, 6) is 1.40. The molecule has 0 fully saturated rings. The minimum Gasteiger partial charge on any atom is -0.497 e. The van der Waals surface area contributed by atoms with Crippen molar-refractivity contribution >= 4 is 23.9 Å². The number of hydrazone groups is 1. The minimum atomic E-state index is -0.233. The zero-order chi connectivity index (χ0) is 20.5. The average molecular weight is 407 g/mol. The van der Waals surface area contributed by atoms with Crippen molar-refractivity contribution in [2.75, 3.05) is 12.9 Å². The molecule has 1 aromatic heterocycles. The van der Waals surface area contributed by atoms with Gasteiger partial charge in [-0.15, -0.1) is 16.8 Å². The third-order valence-corrected chi connectivity index (χ3v) is 4.86. The number of hydrogen-bond donors (Lipinski definition) is 1. The molecule has 0 unspecified atom stereocenters. The number of methoxy groups -OCH3 is 1. The first kappa shape index (κ1) is 20.3. The van der Waals surface area contributed by atoms with Crippen LogP contribution in [0.25, 0.3) is 11.4 Å². The van der Waals surface area contributed by atoms with Crippen LogP contribution in [0.3, 0.4) is 0 Å². The molecule has 1 N–H and O–H groups in total. The number of thioether (sulfide) groups is 1. The molecule has 0 aliphatic carbocycles. The summed E-state index contributed by atoms with van der Waals surface area (Å²) < 4.78 is 7.09. The summed E-state index contributed by atoms with van der Waals surface area (Å²) >= 11 is 1.30. The van der Waals surface area contributed by atoms with Crippen LogP contribution in [0.5, 0.6) is 5.75 Å². The Labute approximate surface area is 173 Å². The molecule has 3 aromatic rings. The van der Waals surface area contributed by atoms with Gasteiger partial charge in [-0.25, -0.2) is 5.43 Å². The monoisotopic (exact) mass is 407 g/mol. The number of aromatic nitrogens is 3. The Hall–Kier alpha value is -3.39. The van der Waals surface area contributed by atoms with Crippen LogP contribution in [0.15, 0.2) is 77.5 Å². The number of benzene rings is 2. The van der Waals surface area contributed by atoms with E-state index in [1.54, 1.807) is 19.4 Å². The van der Waals surface area contributed by atoms with E-state index < -0.39 is 0 Å². The van der Waals surface area contributed by atoms with Crippen LogP contribution >= 0.6 is 11.8 Å². The van der Waals surface area contributed by atoms with Gasteiger partial charge in [-0.2, -0.15) is 5.10 Å². The van der Waals surface area contributed by atoms with Gasteiger partial charge >= 0.3 is 0 Å². The van der Waals surface area contributed by atoms with Crippen LogP contribution in [-0.4, -0.2) is 39.7 Å². The number of nitrogens with zero attached hydrogens (tertiary/aromatic N) is 4. The van der Waals surface area contributed by atoms with Gasteiger partial charge in [-0.05, 0) is 17.7 Å². The number of carbonyl (C=O) groups is 1. The van der Waals surface area contributed by atoms with E-state index in [2.05, 4.69) is 27.3 Å². The van der Waals surface area contributed by atoms with Gasteiger partial charge < -0.3 is 4.74 Å². The normalized spacial score (nSPS) is 10.8. The van der Waals surface area contributed by atoms with Crippen LogP contribution < -0.4 is 10.2 Å². The van der Waals surface area contributed by atoms with E-state index in [0.29, 0.717) is 11.7 Å². The van der Waals surface area contributed by atoms with Crippen molar-refractivity contribution < 1.29 is 9.53 Å². The number of allylic oxidation sites excluding steroid dienone is 1. The van der Waals surface area contributed by atoms with E-state index in [9.17, 15) is 4.79 Å². The van der Waals surface area contributed by atoms with Gasteiger partial charge in [0.25, 0.3) is 5.91 Å². The van der Waals surface area contributed by atoms with Crippen molar-refractivity contribution in [3.8, 4) is 17.1 Å². The van der Waals surface area contributed by atoms with Crippen molar-refractivity contribution in [1.82, 2.24) is 20.2 Å². The third-order valence-electron chi connectivity index (χ3n) is 3.89. The van der Waals surface area contributed by atoms with E-state index in [0.717, 1.165) is 22.7 Å². The van der Waals surface area contributed by atoms with Gasteiger partial charge in [0, 0.05) is 12.1 Å². The van der Waals surface area contributed by atoms with Crippen molar-refractivity contribution in [1.29, 1.82) is 0 Å². The quantitative estimate of drug-likeness (QED) is 0.255. The third kappa shape index (κ3) is 5.55. The summed E-state index contributed by atoms with van der Waals surface area (Å²) in [7, 11) is 1.60. The highest BCUT2D eigenvalue weighted by Gasteiger charge is 2.14. The van der Waals surface area contributed by atoms with Crippen molar-refractivity contribution in [3.05, 3.63) is 72.8 Å². The summed E-state index contributed by atoms with van der Waals surface area (Å²) in [6.45, 7) is 4.35. The zero-order valence-corrected chi connectivity index (χ0v) is 16.8. The molecule has 0 aliphatic heterocycles. The smallest absolute Gasteiger partial charge is 0.250 e. The van der Waals surface area contributed by atoms with Crippen molar-refractivity contribution in [2.45, 2.75) is 11.7 Å². The number of carbonyl (C=O) groups excluding carboxylic acids is 1. The number of ether oxygens (including phenoxy) is 1. The van der Waals surface area contributed by atoms with Gasteiger partial charge in [-0.3, -0.25) is 9.36 Å². The van der Waals surface area contributed by atoms with Crippen molar-refractivity contribution in [2.24, 2.45) is 5.10 Å². The molecule has 1 heterocycles. The molecule has 1 amide bonds. The molecular formula is C21H21N5O2S. The van der Waals surface area contributed by atoms with E-state index in [1.807, 2.05) is 59.2 Å². The zero-order valence-electron chi connectivity index (χ0n) is 16.0. The van der Waals surface area contributed by atoms with Gasteiger partial charge in [0.1, 0.15) is 5.75 Å². The largest absolute Gasteiger partial charge is 0.497 e. The van der Waals surface area contributed by atoms with Crippen molar-refractivity contribution in [3.63, 3.8) is 0 Å². The Kier molecular flexibility index (Phi) is 7.18. The lowest BCUT2D eigenvalue weighted by Crippen LogP contribution is -2.20. The summed E-state index contributed by atoms with van der Waals surface area (Å²) in [5.41, 5.74) is 4.31. The van der Waals surface area contributed by atoms with E-state index in [1.165, 1.54) is 11.8 Å². The van der Waals surface area contributed by atoms with Gasteiger partial charge in [0.05, 0.1) is 19.1 Å². The van der Waals surface area contributed by atoms with Gasteiger partial charge in [0.2, 0.25) is 0 Å². The Morgan fingerprint density at radius 2 is 2.07 bits per heavy atom. The maximum atomic E-state index is 12.1. The van der Waals surface area contributed by atoms with E-state index in [4.69, 9.17) is 4.74 Å². The lowest BCUT2D eigenvalue weighted by molar-refractivity contribution is -0.118. The lowest BCUT2D eigenvalue weighted by Gasteiger charge is -2.07. The molecule has 0 aliphatic rings. The highest BCUT2D eigenvalue weighted by atomic mass is 32.2. The number of nitrogens with one attached hydrogen (secondary N) is 1. The molecule has 0 bridgehead atoms. The second-order valence-electron chi connectivity index (χ2n) is 5.93. The highest BCUT2D eigenvalue weighted by Crippen LogP contribution is 2.23. The Morgan fingerprint density at radius 3 is 2.83 bits per heavy atom. The molecule has 0 saturated heterocycles. The molecule has 148 valence electrons. The first-order chi connectivity index (χ1) is 14.2. The summed E-state index contributed by atoms with van der Waals surface area (Å²) in [4.78, 5) is 12.1. The second-order valence-corrected chi connectivity index (χ2v) is 6.87. The topological polar surface area (TPSA) is 81.4 Å². The Morgan fingerprint density at radius 1 is 1.24 bits per heavy atom. The molecule has 0 radical (unpaired) electrons. The number of hydrogen-bond acceptors (Lipinski definition) is 6. The van der Waals surface area contributed by atoms with Crippen LogP contribution in [0.2, 0.25) is 0 Å². The number of rotatable bonds is 9. The Bertz CT molecular complexity index is 1000. The maximum absolute atomic E-state index is 12.1. The van der Waals surface area contributed by atoms with Crippen LogP contribution in [0.1, 0.15) is 5.56 Å². The van der Waals surface area contributed by atoms with E-state index in [-0.39, 0.29) is 11.7 Å². The average Bonchev–Trinajstić information content (AvgIpc) is 3.16. The van der Waals surface area contributed by atoms with Gasteiger partial charge in [0.15, 0.2) is 11.0 Å². The fourth-order valence-electron chi connectivity index (χ4n) is 2.55. The highest BCUT2D eigenvalue weighted by molar-refractivity contribution is 7.99. The Balaban J connectivity index is 1.60. The number of amides is 1. The SMILES string of the molecule is C=CCn1c(SCC(=O)N/N=C\c2cccc(OC)c2)nnc1-c1ccccc1. The first-order valence-electron chi connectivity index (χ1n) is 8.89. The van der Waals surface area contributed by atoms with Crippen LogP contribution in [-0.2, 0) is 11.3 Å². The molecular weight excluding hydrogens is 386 g/mol. The summed E-state index contributed by atoms with van der Waals surface area (Å²) in [5, 5.41) is 13.1. The maximum Gasteiger partial charge on any atom is 0.250 e. The predicted octanol–water partition coefficient (Wildman–Crippen LogP) is 3.38. The summed E-state index contributed by atoms with van der Waals surface area (Å²) in [6.07, 6.45) is 3.34. The van der Waals surface area contributed by atoms with Gasteiger partial charge in [-0.1, -0.05) is 60.3 Å². The minimum absolute atomic E-state index is 0.166. The molecule has 7 nitrogen and oxygen atoms in total. The molecule has 8 heteroatoms. The van der Waals surface area contributed by atoms with Crippen LogP contribution in [0.4, 0.5) is 0 Å². The first-order valence-corrected chi connectivity index (χ1v) is 9.88. The molecule has 3 rings (SSSR count).